The van der Waals surface area contributed by atoms with Gasteiger partial charge in [-0.05, 0) is 42.7 Å². The van der Waals surface area contributed by atoms with Crippen LogP contribution in [0.4, 0.5) is 5.69 Å². The second-order valence-corrected chi connectivity index (χ2v) is 5.14. The molecule has 1 aromatic heterocycles. The summed E-state index contributed by atoms with van der Waals surface area (Å²) in [6, 6.07) is 13.9. The Hall–Kier alpha value is -2.62. The first kappa shape index (κ1) is 13.4. The van der Waals surface area contributed by atoms with E-state index in [-0.39, 0.29) is 0 Å². The molecule has 0 saturated heterocycles. The van der Waals surface area contributed by atoms with Crippen LogP contribution in [0.5, 0.6) is 0 Å². The third kappa shape index (κ3) is 2.65. The van der Waals surface area contributed by atoms with Gasteiger partial charge in [0.25, 0.3) is 5.89 Å². The van der Waals surface area contributed by atoms with Gasteiger partial charge in [0.2, 0.25) is 0 Å². The molecule has 0 radical (unpaired) electrons. The molecule has 106 valence electrons. The molecule has 4 nitrogen and oxygen atoms in total. The van der Waals surface area contributed by atoms with Gasteiger partial charge in [-0.15, -0.1) is 0 Å². The third-order valence-corrected chi connectivity index (χ3v) is 3.68. The van der Waals surface area contributed by atoms with Gasteiger partial charge in [0.15, 0.2) is 5.82 Å². The van der Waals surface area contributed by atoms with Crippen molar-refractivity contribution in [3.05, 3.63) is 65.0 Å². The topological polar surface area (TPSA) is 64.9 Å². The monoisotopic (exact) mass is 279 g/mol. The lowest BCUT2D eigenvalue weighted by molar-refractivity contribution is 0.423. The normalized spacial score (nSPS) is 10.8. The van der Waals surface area contributed by atoms with Crippen molar-refractivity contribution in [3.8, 4) is 11.5 Å². The van der Waals surface area contributed by atoms with E-state index >= 15 is 0 Å². The standard InChI is InChI=1S/C17H17N3O/c1-11-6-3-4-7-13(11)10-16-19-17(21-20-16)14-8-5-9-15(18)12(14)2/h3-9H,10,18H2,1-2H3. The summed E-state index contributed by atoms with van der Waals surface area (Å²) in [7, 11) is 0. The maximum atomic E-state index is 5.92. The Morgan fingerprint density at radius 1 is 1.05 bits per heavy atom. The van der Waals surface area contributed by atoms with E-state index in [1.165, 1.54) is 11.1 Å². The zero-order valence-electron chi connectivity index (χ0n) is 12.1. The summed E-state index contributed by atoms with van der Waals surface area (Å²) in [6.45, 7) is 4.04. The van der Waals surface area contributed by atoms with Crippen molar-refractivity contribution in [2.24, 2.45) is 0 Å². The Morgan fingerprint density at radius 3 is 2.67 bits per heavy atom. The van der Waals surface area contributed by atoms with Gasteiger partial charge >= 0.3 is 0 Å². The SMILES string of the molecule is Cc1ccccc1Cc1noc(-c2cccc(N)c2C)n1. The lowest BCUT2D eigenvalue weighted by Gasteiger charge is -2.03. The number of aromatic nitrogens is 2. The van der Waals surface area contributed by atoms with E-state index in [2.05, 4.69) is 29.2 Å². The highest BCUT2D eigenvalue weighted by atomic mass is 16.5. The van der Waals surface area contributed by atoms with Gasteiger partial charge in [-0.1, -0.05) is 35.5 Å². The number of anilines is 1. The number of nitrogens with two attached hydrogens (primary N) is 1. The molecule has 0 fully saturated rings. The highest BCUT2D eigenvalue weighted by molar-refractivity contribution is 5.66. The van der Waals surface area contributed by atoms with Crippen molar-refractivity contribution < 1.29 is 4.52 Å². The minimum atomic E-state index is 0.517. The maximum Gasteiger partial charge on any atom is 0.258 e. The van der Waals surface area contributed by atoms with Crippen LogP contribution in [0.2, 0.25) is 0 Å². The van der Waals surface area contributed by atoms with Gasteiger partial charge in [0, 0.05) is 17.7 Å². The summed E-state index contributed by atoms with van der Waals surface area (Å²) in [4.78, 5) is 4.49. The predicted octanol–water partition coefficient (Wildman–Crippen LogP) is 3.53. The first-order valence-electron chi connectivity index (χ1n) is 6.87. The van der Waals surface area contributed by atoms with Crippen molar-refractivity contribution >= 4 is 5.69 Å². The molecule has 2 aromatic carbocycles. The fraction of sp³-hybridized carbons (Fsp3) is 0.176. The maximum absolute atomic E-state index is 5.92. The average Bonchev–Trinajstić information content (AvgIpc) is 2.93. The number of nitrogens with zero attached hydrogens (tertiary/aromatic N) is 2. The van der Waals surface area contributed by atoms with Gasteiger partial charge in [-0.25, -0.2) is 0 Å². The van der Waals surface area contributed by atoms with Crippen LogP contribution in [0.3, 0.4) is 0 Å². The fourth-order valence-electron chi connectivity index (χ4n) is 2.30. The molecule has 21 heavy (non-hydrogen) atoms. The second kappa shape index (κ2) is 5.40. The molecule has 0 amide bonds. The number of benzene rings is 2. The van der Waals surface area contributed by atoms with Crippen LogP contribution in [0.15, 0.2) is 47.0 Å². The molecule has 0 spiro atoms. The fourth-order valence-corrected chi connectivity index (χ4v) is 2.30. The lowest BCUT2D eigenvalue weighted by atomic mass is 10.1. The molecule has 1 heterocycles. The van der Waals surface area contributed by atoms with Crippen molar-refractivity contribution in [2.45, 2.75) is 20.3 Å². The van der Waals surface area contributed by atoms with Gasteiger partial charge in [-0.2, -0.15) is 4.98 Å². The molecule has 4 heteroatoms. The van der Waals surface area contributed by atoms with Gasteiger partial charge < -0.3 is 10.3 Å². The Bertz CT molecular complexity index is 777. The molecule has 0 bridgehead atoms. The van der Waals surface area contributed by atoms with E-state index in [1.807, 2.05) is 37.3 Å². The van der Waals surface area contributed by atoms with Crippen LogP contribution >= 0.6 is 0 Å². The molecular weight excluding hydrogens is 262 g/mol. The van der Waals surface area contributed by atoms with Crippen molar-refractivity contribution in [3.63, 3.8) is 0 Å². The largest absolute Gasteiger partial charge is 0.398 e. The van der Waals surface area contributed by atoms with Crippen LogP contribution in [0, 0.1) is 13.8 Å². The molecule has 0 unspecified atom stereocenters. The summed E-state index contributed by atoms with van der Waals surface area (Å²) in [5.41, 5.74) is 10.9. The highest BCUT2D eigenvalue weighted by Gasteiger charge is 2.13. The summed E-state index contributed by atoms with van der Waals surface area (Å²) in [5, 5.41) is 4.07. The van der Waals surface area contributed by atoms with Gasteiger partial charge in [0.05, 0.1) is 0 Å². The van der Waals surface area contributed by atoms with Crippen molar-refractivity contribution in [1.29, 1.82) is 0 Å². The van der Waals surface area contributed by atoms with Crippen molar-refractivity contribution in [2.75, 3.05) is 5.73 Å². The first-order valence-corrected chi connectivity index (χ1v) is 6.87. The molecular formula is C17H17N3O. The van der Waals surface area contributed by atoms with Gasteiger partial charge in [-0.3, -0.25) is 0 Å². The Labute approximate surface area is 123 Å². The van der Waals surface area contributed by atoms with Crippen LogP contribution in [0.1, 0.15) is 22.5 Å². The van der Waals surface area contributed by atoms with E-state index in [1.54, 1.807) is 0 Å². The third-order valence-electron chi connectivity index (χ3n) is 3.68. The molecule has 0 atom stereocenters. The first-order chi connectivity index (χ1) is 10.1. The lowest BCUT2D eigenvalue weighted by Crippen LogP contribution is -1.94. The molecule has 3 aromatic rings. The molecule has 2 N–H and O–H groups in total. The molecule has 3 rings (SSSR count). The van der Waals surface area contributed by atoms with Crippen LogP contribution < -0.4 is 5.73 Å². The Balaban J connectivity index is 1.90. The minimum Gasteiger partial charge on any atom is -0.398 e. The van der Waals surface area contributed by atoms with E-state index in [9.17, 15) is 0 Å². The second-order valence-electron chi connectivity index (χ2n) is 5.14. The number of nitrogen functional groups attached to an aromatic ring is 1. The molecule has 0 aliphatic carbocycles. The highest BCUT2D eigenvalue weighted by Crippen LogP contribution is 2.26. The number of hydrogen-bond acceptors (Lipinski definition) is 4. The summed E-state index contributed by atoms with van der Waals surface area (Å²) >= 11 is 0. The zero-order chi connectivity index (χ0) is 14.8. The van der Waals surface area contributed by atoms with Gasteiger partial charge in [0.1, 0.15) is 0 Å². The summed E-state index contributed by atoms with van der Waals surface area (Å²) in [5.74, 6) is 1.20. The zero-order valence-corrected chi connectivity index (χ0v) is 12.1. The predicted molar refractivity (Wildman–Crippen MR) is 82.9 cm³/mol. The Morgan fingerprint density at radius 2 is 1.86 bits per heavy atom. The molecule has 0 aliphatic rings. The summed E-state index contributed by atoms with van der Waals surface area (Å²) in [6.07, 6.45) is 0.664. The molecule has 0 saturated carbocycles. The quantitative estimate of drug-likeness (QED) is 0.745. The average molecular weight is 279 g/mol. The minimum absolute atomic E-state index is 0.517. The molecule has 0 aliphatic heterocycles. The number of rotatable bonds is 3. The Kier molecular flexibility index (Phi) is 3.44. The van der Waals surface area contributed by atoms with Crippen LogP contribution in [-0.4, -0.2) is 10.1 Å². The van der Waals surface area contributed by atoms with E-state index in [0.717, 1.165) is 16.8 Å². The number of hydrogen-bond donors (Lipinski definition) is 1. The number of aryl methyl sites for hydroxylation is 1. The smallest absolute Gasteiger partial charge is 0.258 e. The van der Waals surface area contributed by atoms with E-state index in [0.29, 0.717) is 18.1 Å². The van der Waals surface area contributed by atoms with Crippen molar-refractivity contribution in [1.82, 2.24) is 10.1 Å². The summed E-state index contributed by atoms with van der Waals surface area (Å²) < 4.78 is 5.38. The van der Waals surface area contributed by atoms with Crippen LogP contribution in [0.25, 0.3) is 11.5 Å². The van der Waals surface area contributed by atoms with E-state index in [4.69, 9.17) is 10.3 Å². The van der Waals surface area contributed by atoms with Crippen LogP contribution in [-0.2, 0) is 6.42 Å². The van der Waals surface area contributed by atoms with E-state index < -0.39 is 0 Å².